The fourth-order valence-corrected chi connectivity index (χ4v) is 2.40. The summed E-state index contributed by atoms with van der Waals surface area (Å²) in [4.78, 5) is 35.6. The second-order valence-electron chi connectivity index (χ2n) is 4.81. The number of carbonyl (C=O) groups is 3. The Labute approximate surface area is 157 Å². The van der Waals surface area contributed by atoms with E-state index < -0.39 is 24.4 Å². The summed E-state index contributed by atoms with van der Waals surface area (Å²) < 4.78 is 10.5. The van der Waals surface area contributed by atoms with Gasteiger partial charge in [-0.25, -0.2) is 4.79 Å². The zero-order valence-corrected chi connectivity index (χ0v) is 15.4. The first kappa shape index (κ1) is 19.0. The molecule has 0 aliphatic rings. The van der Waals surface area contributed by atoms with Gasteiger partial charge in [-0.15, -0.1) is 0 Å². The molecule has 25 heavy (non-hydrogen) atoms. The lowest BCUT2D eigenvalue weighted by atomic mass is 10.2. The molecule has 0 aromatic heterocycles. The monoisotopic (exact) mass is 425 g/mol. The molecular weight excluding hydrogens is 414 g/mol. The third kappa shape index (κ3) is 5.30. The standard InChI is InChI=1S/C17H13BrClNO5/c1-24-12-5-2-10(3-6-12)16(22)20-15(21)9-25-17(23)13-8-11(18)4-7-14(13)19/h2-8H,9H2,1H3,(H,20,21,22). The number of carbonyl (C=O) groups excluding carboxylic acids is 3. The minimum atomic E-state index is -0.765. The number of methoxy groups -OCH3 is 1. The van der Waals surface area contributed by atoms with Crippen LogP contribution in [0.4, 0.5) is 0 Å². The van der Waals surface area contributed by atoms with Crippen LogP contribution in [0.25, 0.3) is 0 Å². The highest BCUT2D eigenvalue weighted by atomic mass is 79.9. The average molecular weight is 427 g/mol. The van der Waals surface area contributed by atoms with Crippen molar-refractivity contribution >= 4 is 45.3 Å². The molecule has 2 amide bonds. The highest BCUT2D eigenvalue weighted by Gasteiger charge is 2.16. The van der Waals surface area contributed by atoms with Crippen LogP contribution >= 0.6 is 27.5 Å². The van der Waals surface area contributed by atoms with Crippen LogP contribution in [-0.2, 0) is 9.53 Å². The van der Waals surface area contributed by atoms with Crippen LogP contribution in [0.5, 0.6) is 5.75 Å². The topological polar surface area (TPSA) is 81.7 Å². The third-order valence-corrected chi connectivity index (χ3v) is 3.91. The molecule has 0 radical (unpaired) electrons. The van der Waals surface area contributed by atoms with Crippen molar-refractivity contribution < 1.29 is 23.9 Å². The molecule has 2 aromatic carbocycles. The van der Waals surface area contributed by atoms with Gasteiger partial charge in [0.05, 0.1) is 17.7 Å². The summed E-state index contributed by atoms with van der Waals surface area (Å²) in [5, 5.41) is 2.33. The lowest BCUT2D eigenvalue weighted by Crippen LogP contribution is -2.34. The molecule has 6 nitrogen and oxygen atoms in total. The first-order valence-corrected chi connectivity index (χ1v) is 8.18. The molecule has 0 saturated carbocycles. The van der Waals surface area contributed by atoms with Gasteiger partial charge in [0.2, 0.25) is 0 Å². The number of hydrogen-bond donors (Lipinski definition) is 1. The molecule has 0 fully saturated rings. The van der Waals surface area contributed by atoms with Crippen molar-refractivity contribution in [2.45, 2.75) is 0 Å². The van der Waals surface area contributed by atoms with Gasteiger partial charge in [0.15, 0.2) is 6.61 Å². The second kappa shape index (κ2) is 8.64. The van der Waals surface area contributed by atoms with Crippen LogP contribution < -0.4 is 10.1 Å². The second-order valence-corrected chi connectivity index (χ2v) is 6.13. The van der Waals surface area contributed by atoms with Gasteiger partial charge in [-0.2, -0.15) is 0 Å². The predicted molar refractivity (Wildman–Crippen MR) is 94.9 cm³/mol. The van der Waals surface area contributed by atoms with Crippen molar-refractivity contribution in [2.75, 3.05) is 13.7 Å². The average Bonchev–Trinajstić information content (AvgIpc) is 2.61. The van der Waals surface area contributed by atoms with Crippen molar-refractivity contribution in [2.24, 2.45) is 0 Å². The number of halogens is 2. The normalized spacial score (nSPS) is 10.0. The maximum atomic E-state index is 11.9. The van der Waals surface area contributed by atoms with Gasteiger partial charge in [0.1, 0.15) is 5.75 Å². The fourth-order valence-electron chi connectivity index (χ4n) is 1.84. The summed E-state index contributed by atoms with van der Waals surface area (Å²) in [6.07, 6.45) is 0. The quantitative estimate of drug-likeness (QED) is 0.743. The zero-order valence-electron chi connectivity index (χ0n) is 13.0. The van der Waals surface area contributed by atoms with Crippen LogP contribution in [0.15, 0.2) is 46.9 Å². The Bertz CT molecular complexity index is 807. The Kier molecular flexibility index (Phi) is 6.55. The minimum absolute atomic E-state index is 0.116. The van der Waals surface area contributed by atoms with E-state index in [9.17, 15) is 14.4 Å². The summed E-state index contributed by atoms with van der Waals surface area (Å²) >= 11 is 9.12. The van der Waals surface area contributed by atoms with E-state index in [1.54, 1.807) is 18.2 Å². The summed E-state index contributed by atoms with van der Waals surface area (Å²) in [6.45, 7) is -0.608. The van der Waals surface area contributed by atoms with Gasteiger partial charge >= 0.3 is 5.97 Å². The van der Waals surface area contributed by atoms with Gasteiger partial charge in [0.25, 0.3) is 11.8 Å². The molecule has 2 aromatic rings. The predicted octanol–water partition coefficient (Wildman–Crippen LogP) is 3.22. The first-order valence-electron chi connectivity index (χ1n) is 7.01. The van der Waals surface area contributed by atoms with E-state index in [1.165, 1.54) is 31.4 Å². The number of hydrogen-bond acceptors (Lipinski definition) is 5. The Morgan fingerprint density at radius 3 is 2.44 bits per heavy atom. The number of nitrogens with one attached hydrogen (secondary N) is 1. The van der Waals surface area contributed by atoms with Crippen molar-refractivity contribution in [1.82, 2.24) is 5.32 Å². The molecular formula is C17H13BrClNO5. The zero-order chi connectivity index (χ0) is 18.4. The molecule has 0 bridgehead atoms. The molecule has 0 spiro atoms. The van der Waals surface area contributed by atoms with E-state index in [0.29, 0.717) is 10.2 Å². The number of amides is 2. The van der Waals surface area contributed by atoms with E-state index >= 15 is 0 Å². The van der Waals surface area contributed by atoms with Gasteiger partial charge in [-0.05, 0) is 42.5 Å². The van der Waals surface area contributed by atoms with Crippen LogP contribution in [0.1, 0.15) is 20.7 Å². The van der Waals surface area contributed by atoms with E-state index in [0.717, 1.165) is 0 Å². The summed E-state index contributed by atoms with van der Waals surface area (Å²) in [7, 11) is 1.50. The number of esters is 1. The SMILES string of the molecule is COc1ccc(C(=O)NC(=O)COC(=O)c2cc(Br)ccc2Cl)cc1. The van der Waals surface area contributed by atoms with Gasteiger partial charge in [-0.1, -0.05) is 27.5 Å². The molecule has 0 atom stereocenters. The van der Waals surface area contributed by atoms with Crippen LogP contribution in [0.3, 0.4) is 0 Å². The van der Waals surface area contributed by atoms with E-state index in [1.807, 2.05) is 0 Å². The van der Waals surface area contributed by atoms with E-state index in [-0.39, 0.29) is 16.1 Å². The largest absolute Gasteiger partial charge is 0.497 e. The summed E-state index contributed by atoms with van der Waals surface area (Å²) in [5.41, 5.74) is 0.390. The van der Waals surface area contributed by atoms with Crippen molar-refractivity contribution in [1.29, 1.82) is 0 Å². The molecule has 130 valence electrons. The van der Waals surface area contributed by atoms with E-state index in [2.05, 4.69) is 21.2 Å². The summed E-state index contributed by atoms with van der Waals surface area (Å²) in [5.74, 6) is -1.54. The highest BCUT2D eigenvalue weighted by molar-refractivity contribution is 9.10. The Balaban J connectivity index is 1.90. The van der Waals surface area contributed by atoms with Crippen LogP contribution in [-0.4, -0.2) is 31.5 Å². The number of imide groups is 1. The van der Waals surface area contributed by atoms with Crippen molar-refractivity contribution in [3.05, 3.63) is 63.1 Å². The lowest BCUT2D eigenvalue weighted by molar-refractivity contribution is -0.123. The Morgan fingerprint density at radius 1 is 1.12 bits per heavy atom. The Hall–Kier alpha value is -2.38. The van der Waals surface area contributed by atoms with Crippen LogP contribution in [0.2, 0.25) is 5.02 Å². The highest BCUT2D eigenvalue weighted by Crippen LogP contribution is 2.21. The third-order valence-electron chi connectivity index (χ3n) is 3.09. The Morgan fingerprint density at radius 2 is 1.80 bits per heavy atom. The number of ether oxygens (including phenoxy) is 2. The molecule has 0 saturated heterocycles. The molecule has 0 heterocycles. The first-order chi connectivity index (χ1) is 11.9. The van der Waals surface area contributed by atoms with Crippen molar-refractivity contribution in [3.8, 4) is 5.75 Å². The minimum Gasteiger partial charge on any atom is -0.497 e. The number of benzene rings is 2. The molecule has 0 aliphatic carbocycles. The van der Waals surface area contributed by atoms with Gasteiger partial charge in [0, 0.05) is 10.0 Å². The molecule has 8 heteroatoms. The van der Waals surface area contributed by atoms with E-state index in [4.69, 9.17) is 21.1 Å². The fraction of sp³-hybridized carbons (Fsp3) is 0.118. The van der Waals surface area contributed by atoms with Gasteiger partial charge in [-0.3, -0.25) is 14.9 Å². The molecule has 0 aliphatic heterocycles. The molecule has 2 rings (SSSR count). The van der Waals surface area contributed by atoms with Crippen LogP contribution in [0, 0.1) is 0 Å². The maximum Gasteiger partial charge on any atom is 0.340 e. The summed E-state index contributed by atoms with van der Waals surface area (Å²) in [6, 6.07) is 10.9. The van der Waals surface area contributed by atoms with Gasteiger partial charge < -0.3 is 9.47 Å². The lowest BCUT2D eigenvalue weighted by Gasteiger charge is -2.07. The smallest absolute Gasteiger partial charge is 0.340 e. The molecule has 0 unspecified atom stereocenters. The maximum absolute atomic E-state index is 11.9. The van der Waals surface area contributed by atoms with Crippen molar-refractivity contribution in [3.63, 3.8) is 0 Å². The number of rotatable bonds is 5. The molecule has 1 N–H and O–H groups in total.